The van der Waals surface area contributed by atoms with E-state index < -0.39 is 11.7 Å². The quantitative estimate of drug-likeness (QED) is 0.307. The lowest BCUT2D eigenvalue weighted by atomic mass is 9.84. The highest BCUT2D eigenvalue weighted by Gasteiger charge is 2.27. The van der Waals surface area contributed by atoms with Gasteiger partial charge in [-0.2, -0.15) is 10.4 Å². The van der Waals surface area contributed by atoms with Crippen LogP contribution >= 0.6 is 0 Å². The molecule has 7 nitrogen and oxygen atoms in total. The minimum Gasteiger partial charge on any atom is -0.377 e. The smallest absolute Gasteiger partial charge is 0.262 e. The molecule has 0 unspecified atom stereocenters. The number of pyridine rings is 1. The molecule has 0 aliphatic carbocycles. The molecule has 0 fully saturated rings. The lowest BCUT2D eigenvalue weighted by Gasteiger charge is -2.24. The van der Waals surface area contributed by atoms with E-state index in [1.54, 1.807) is 43.2 Å². The summed E-state index contributed by atoms with van der Waals surface area (Å²) < 4.78 is 22.7. The Bertz CT molecular complexity index is 1330. The highest BCUT2D eigenvalue weighted by molar-refractivity contribution is 6.08. The molecule has 8 heteroatoms. The van der Waals surface area contributed by atoms with E-state index in [-0.39, 0.29) is 17.6 Å². The predicted molar refractivity (Wildman–Crippen MR) is 150 cm³/mol. The monoisotopic (exact) mass is 519 g/mol. The van der Waals surface area contributed by atoms with Gasteiger partial charge in [-0.15, -0.1) is 0 Å². The van der Waals surface area contributed by atoms with Gasteiger partial charge in [0.15, 0.2) is 0 Å². The minimum atomic E-state index is -0.615. The van der Waals surface area contributed by atoms with Crippen LogP contribution in [0.15, 0.2) is 37.2 Å². The number of aryl methyl sites for hydroxylation is 1. The van der Waals surface area contributed by atoms with Crippen LogP contribution in [-0.4, -0.2) is 34.3 Å². The van der Waals surface area contributed by atoms with E-state index in [9.17, 15) is 10.1 Å². The number of ether oxygens (including phenoxy) is 1. The summed E-state index contributed by atoms with van der Waals surface area (Å²) in [5.41, 5.74) is 3.05. The third kappa shape index (κ3) is 6.53. The van der Waals surface area contributed by atoms with E-state index >= 15 is 4.39 Å². The Morgan fingerprint density at radius 3 is 2.55 bits per heavy atom. The van der Waals surface area contributed by atoms with Crippen LogP contribution in [0.25, 0.3) is 11.8 Å². The van der Waals surface area contributed by atoms with Crippen LogP contribution in [0.1, 0.15) is 86.3 Å². The van der Waals surface area contributed by atoms with Crippen molar-refractivity contribution in [3.63, 3.8) is 0 Å². The van der Waals surface area contributed by atoms with E-state index in [1.165, 1.54) is 17.0 Å². The Morgan fingerprint density at radius 2 is 2.00 bits per heavy atom. The van der Waals surface area contributed by atoms with E-state index in [0.29, 0.717) is 40.5 Å². The lowest BCUT2D eigenvalue weighted by molar-refractivity contribution is 0.0986. The molecule has 0 aliphatic rings. The summed E-state index contributed by atoms with van der Waals surface area (Å²) in [5, 5.41) is 13.8. The number of carbonyl (C=O) groups is 1. The number of aromatic nitrogens is 3. The molecule has 0 saturated heterocycles. The molecule has 0 N–H and O–H groups in total. The van der Waals surface area contributed by atoms with Crippen molar-refractivity contribution >= 4 is 17.8 Å². The predicted octanol–water partition coefficient (Wildman–Crippen LogP) is 6.76. The van der Waals surface area contributed by atoms with Gasteiger partial charge in [0.05, 0.1) is 29.1 Å². The summed E-state index contributed by atoms with van der Waals surface area (Å²) in [6.45, 7) is 18.2. The normalized spacial score (nSPS) is 10.8. The first-order valence-corrected chi connectivity index (χ1v) is 12.8. The van der Waals surface area contributed by atoms with Crippen molar-refractivity contribution < 1.29 is 13.9 Å². The number of rotatable bonds is 8. The Labute approximate surface area is 225 Å². The second-order valence-electron chi connectivity index (χ2n) is 9.61. The Morgan fingerprint density at radius 1 is 1.32 bits per heavy atom. The molecule has 3 rings (SSSR count). The lowest BCUT2D eigenvalue weighted by Crippen LogP contribution is -2.30. The second kappa shape index (κ2) is 13.1. The first-order chi connectivity index (χ1) is 18.0. The molecular weight excluding hydrogens is 481 g/mol. The van der Waals surface area contributed by atoms with Gasteiger partial charge in [0.2, 0.25) is 0 Å². The van der Waals surface area contributed by atoms with Gasteiger partial charge in [-0.05, 0) is 42.0 Å². The van der Waals surface area contributed by atoms with Gasteiger partial charge in [-0.3, -0.25) is 9.69 Å². The maximum Gasteiger partial charge on any atom is 0.262 e. The highest BCUT2D eigenvalue weighted by atomic mass is 19.1. The van der Waals surface area contributed by atoms with E-state index in [0.717, 1.165) is 12.0 Å². The number of amides is 1. The summed E-state index contributed by atoms with van der Waals surface area (Å²) in [6, 6.07) is 7.06. The van der Waals surface area contributed by atoms with Crippen molar-refractivity contribution in [2.24, 2.45) is 0 Å². The van der Waals surface area contributed by atoms with Crippen LogP contribution < -0.4 is 4.90 Å². The van der Waals surface area contributed by atoms with Crippen molar-refractivity contribution in [2.45, 2.75) is 66.9 Å². The third-order valence-corrected chi connectivity index (χ3v) is 5.91. The molecule has 0 spiro atoms. The fourth-order valence-corrected chi connectivity index (χ4v) is 3.84. The van der Waals surface area contributed by atoms with Gasteiger partial charge in [-0.1, -0.05) is 60.3 Å². The average molecular weight is 520 g/mol. The molecule has 2 aromatic heterocycles. The van der Waals surface area contributed by atoms with Gasteiger partial charge >= 0.3 is 0 Å². The molecule has 202 valence electrons. The fourth-order valence-electron chi connectivity index (χ4n) is 3.84. The number of nitrogens with zero attached hydrogens (tertiary/aromatic N) is 5. The fraction of sp³-hybridized carbons (Fsp3) is 0.400. The summed E-state index contributed by atoms with van der Waals surface area (Å²) in [6.07, 6.45) is 5.48. The maximum absolute atomic E-state index is 15.3. The largest absolute Gasteiger partial charge is 0.377 e. The van der Waals surface area contributed by atoms with Crippen molar-refractivity contribution in [1.29, 1.82) is 5.26 Å². The molecular formula is C30H38FN5O2. The van der Waals surface area contributed by atoms with Crippen molar-refractivity contribution in [1.82, 2.24) is 14.8 Å². The molecule has 0 aliphatic heterocycles. The molecule has 0 saturated carbocycles. The molecule has 0 radical (unpaired) electrons. The number of carbonyl (C=O) groups excluding carboxylic acids is 1. The SMILES string of the molecule is C=Cc1cc(C(C)(C)C)cc(F)c1C(=O)N(C)c1nccc(-n2cc(C#N)c(C)n2)c1COCCC.CC. The van der Waals surface area contributed by atoms with Crippen molar-refractivity contribution in [3.05, 3.63) is 76.5 Å². The third-order valence-electron chi connectivity index (χ3n) is 5.91. The molecule has 1 aromatic carbocycles. The van der Waals surface area contributed by atoms with Gasteiger partial charge in [0, 0.05) is 31.6 Å². The van der Waals surface area contributed by atoms with Crippen molar-refractivity contribution in [2.75, 3.05) is 18.6 Å². The number of anilines is 1. The summed E-state index contributed by atoms with van der Waals surface area (Å²) >= 11 is 0. The van der Waals surface area contributed by atoms with Crippen LogP contribution in [0.2, 0.25) is 0 Å². The van der Waals surface area contributed by atoms with E-state index in [4.69, 9.17) is 4.74 Å². The van der Waals surface area contributed by atoms with Crippen LogP contribution in [0.5, 0.6) is 0 Å². The number of halogens is 1. The molecule has 1 amide bonds. The zero-order valence-electron chi connectivity index (χ0n) is 23.7. The Balaban J connectivity index is 0.00000247. The molecule has 2 heterocycles. The molecule has 38 heavy (non-hydrogen) atoms. The summed E-state index contributed by atoms with van der Waals surface area (Å²) in [5.74, 6) is -0.858. The second-order valence-corrected chi connectivity index (χ2v) is 9.61. The maximum atomic E-state index is 15.3. The average Bonchev–Trinajstić information content (AvgIpc) is 3.28. The van der Waals surface area contributed by atoms with Gasteiger partial charge in [0.25, 0.3) is 5.91 Å². The number of nitriles is 1. The first kappa shape index (κ1) is 30.4. The zero-order chi connectivity index (χ0) is 28.6. The summed E-state index contributed by atoms with van der Waals surface area (Å²) in [4.78, 5) is 19.4. The molecule has 3 aromatic rings. The Hall–Kier alpha value is -3.83. The molecule has 0 bridgehead atoms. The molecule has 0 atom stereocenters. The number of benzene rings is 1. The highest BCUT2D eigenvalue weighted by Crippen LogP contribution is 2.31. The number of hydrogen-bond donors (Lipinski definition) is 0. The summed E-state index contributed by atoms with van der Waals surface area (Å²) in [7, 11) is 1.55. The Kier molecular flexibility index (Phi) is 10.5. The zero-order valence-corrected chi connectivity index (χ0v) is 23.7. The van der Waals surface area contributed by atoms with Gasteiger partial charge in [0.1, 0.15) is 17.7 Å². The van der Waals surface area contributed by atoms with Gasteiger partial charge in [-0.25, -0.2) is 14.1 Å². The van der Waals surface area contributed by atoms with E-state index in [2.05, 4.69) is 22.7 Å². The van der Waals surface area contributed by atoms with E-state index in [1.807, 2.05) is 41.5 Å². The van der Waals surface area contributed by atoms with Crippen LogP contribution in [0.3, 0.4) is 0 Å². The van der Waals surface area contributed by atoms with Gasteiger partial charge < -0.3 is 4.74 Å². The standard InChI is InChI=1S/C28H32FN5O2.C2H6/c1-8-12-36-17-22-24(34-16-20(15-30)18(3)32-34)10-11-31-26(22)33(7)27(35)25-19(9-2)13-21(14-23(25)29)28(4,5)6;1-2/h9-11,13-14,16H,2,8,12,17H2,1,3-7H3;1-2H3. The number of hydrogen-bond acceptors (Lipinski definition) is 5. The van der Waals surface area contributed by atoms with Crippen LogP contribution in [-0.2, 0) is 16.8 Å². The van der Waals surface area contributed by atoms with Crippen LogP contribution in [0, 0.1) is 24.1 Å². The van der Waals surface area contributed by atoms with Crippen LogP contribution in [0.4, 0.5) is 10.2 Å². The minimum absolute atomic E-state index is 0.0742. The first-order valence-electron chi connectivity index (χ1n) is 12.8. The topological polar surface area (TPSA) is 84.0 Å². The van der Waals surface area contributed by atoms with Crippen molar-refractivity contribution in [3.8, 4) is 11.8 Å².